The molecule has 0 saturated heterocycles. The Hall–Kier alpha value is -2.54. The van der Waals surface area contributed by atoms with Crippen LogP contribution >= 0.6 is 0 Å². The molecule has 0 fully saturated rings. The number of amides is 1. The van der Waals surface area contributed by atoms with E-state index in [2.05, 4.69) is 4.98 Å². The Labute approximate surface area is 122 Å². The standard InChI is InChI=1S/C14H18N4O3/c15-13-12(14(16)19)17-10-18(13)21-8-4-7-20-9-11-5-2-1-3-6-11/h1-3,5-6,10H,4,7-9,15H2,(H2,16,19). The van der Waals surface area contributed by atoms with Crippen molar-refractivity contribution in [2.24, 2.45) is 5.73 Å². The first-order chi connectivity index (χ1) is 10.2. The number of primary amides is 1. The fourth-order valence-corrected chi connectivity index (χ4v) is 1.72. The molecule has 21 heavy (non-hydrogen) atoms. The number of imidazole rings is 1. The van der Waals surface area contributed by atoms with E-state index in [-0.39, 0.29) is 11.5 Å². The molecule has 0 aliphatic heterocycles. The average molecular weight is 290 g/mol. The molecule has 112 valence electrons. The summed E-state index contributed by atoms with van der Waals surface area (Å²) in [6, 6.07) is 9.93. The summed E-state index contributed by atoms with van der Waals surface area (Å²) in [5.74, 6) is -0.575. The zero-order valence-electron chi connectivity index (χ0n) is 11.6. The number of rotatable bonds is 8. The summed E-state index contributed by atoms with van der Waals surface area (Å²) in [7, 11) is 0. The molecular weight excluding hydrogens is 272 g/mol. The lowest BCUT2D eigenvalue weighted by molar-refractivity contribution is 0.0681. The van der Waals surface area contributed by atoms with Crippen LogP contribution in [0.2, 0.25) is 0 Å². The van der Waals surface area contributed by atoms with Gasteiger partial charge in [0.15, 0.2) is 11.5 Å². The molecule has 1 aromatic heterocycles. The smallest absolute Gasteiger partial charge is 0.271 e. The molecule has 4 N–H and O–H groups in total. The number of carbonyl (C=O) groups excluding carboxylic acids is 1. The van der Waals surface area contributed by atoms with Gasteiger partial charge >= 0.3 is 0 Å². The maximum atomic E-state index is 11.0. The van der Waals surface area contributed by atoms with Crippen molar-refractivity contribution in [1.29, 1.82) is 0 Å². The van der Waals surface area contributed by atoms with E-state index in [0.717, 1.165) is 5.56 Å². The van der Waals surface area contributed by atoms with Crippen LogP contribution in [0.25, 0.3) is 0 Å². The number of hydrogen-bond acceptors (Lipinski definition) is 5. The molecule has 0 radical (unpaired) electrons. The quantitative estimate of drug-likeness (QED) is 0.693. The summed E-state index contributed by atoms with van der Waals surface area (Å²) < 4.78 is 6.75. The van der Waals surface area contributed by atoms with Crippen LogP contribution in [0.3, 0.4) is 0 Å². The minimum atomic E-state index is -0.680. The number of carbonyl (C=O) groups is 1. The SMILES string of the molecule is NC(=O)c1ncn(OCCCOCc2ccccc2)c1N. The van der Waals surface area contributed by atoms with Crippen LogP contribution < -0.4 is 16.3 Å². The molecule has 1 aromatic carbocycles. The molecule has 0 saturated carbocycles. The van der Waals surface area contributed by atoms with E-state index in [0.29, 0.717) is 26.2 Å². The summed E-state index contributed by atoms with van der Waals surface area (Å²) in [5.41, 5.74) is 11.9. The third-order valence-corrected chi connectivity index (χ3v) is 2.78. The minimum Gasteiger partial charge on any atom is -0.411 e. The van der Waals surface area contributed by atoms with Crippen molar-refractivity contribution >= 4 is 11.7 Å². The van der Waals surface area contributed by atoms with Gasteiger partial charge in [0.05, 0.1) is 13.2 Å². The monoisotopic (exact) mass is 290 g/mol. The number of benzene rings is 1. The van der Waals surface area contributed by atoms with Crippen LogP contribution in [0.1, 0.15) is 22.5 Å². The summed E-state index contributed by atoms with van der Waals surface area (Å²) in [6.45, 7) is 1.53. The van der Waals surface area contributed by atoms with Gasteiger partial charge in [0.1, 0.15) is 12.9 Å². The van der Waals surface area contributed by atoms with Crippen molar-refractivity contribution in [1.82, 2.24) is 9.71 Å². The molecule has 7 heteroatoms. The second kappa shape index (κ2) is 7.30. The Morgan fingerprint density at radius 2 is 2.00 bits per heavy atom. The van der Waals surface area contributed by atoms with Crippen LogP contribution in [-0.4, -0.2) is 28.8 Å². The van der Waals surface area contributed by atoms with E-state index in [1.165, 1.54) is 11.1 Å². The molecule has 0 aliphatic rings. The van der Waals surface area contributed by atoms with Crippen LogP contribution in [0, 0.1) is 0 Å². The average Bonchev–Trinajstić information content (AvgIpc) is 2.85. The highest BCUT2D eigenvalue weighted by Crippen LogP contribution is 2.07. The zero-order valence-corrected chi connectivity index (χ0v) is 11.6. The molecule has 1 amide bonds. The number of nitrogens with zero attached hydrogens (tertiary/aromatic N) is 2. The van der Waals surface area contributed by atoms with E-state index in [9.17, 15) is 4.79 Å². The van der Waals surface area contributed by atoms with Gasteiger partial charge in [-0.25, -0.2) is 4.98 Å². The number of ether oxygens (including phenoxy) is 1. The topological polar surface area (TPSA) is 105 Å². The van der Waals surface area contributed by atoms with Crippen LogP contribution in [0.5, 0.6) is 0 Å². The molecule has 0 bridgehead atoms. The number of anilines is 1. The first kappa shape index (κ1) is 14.9. The van der Waals surface area contributed by atoms with Crippen molar-refractivity contribution in [3.05, 3.63) is 47.9 Å². The van der Waals surface area contributed by atoms with Gasteiger partial charge in [0.25, 0.3) is 5.91 Å². The predicted octanol–water partition coefficient (Wildman–Crippen LogP) is 0.600. The van der Waals surface area contributed by atoms with E-state index >= 15 is 0 Å². The third kappa shape index (κ3) is 4.22. The van der Waals surface area contributed by atoms with E-state index in [4.69, 9.17) is 21.0 Å². The normalized spacial score (nSPS) is 10.5. The second-order valence-corrected chi connectivity index (χ2v) is 4.39. The molecule has 0 aliphatic carbocycles. The molecule has 0 spiro atoms. The Bertz CT molecular complexity index is 583. The molecule has 2 aromatic rings. The maximum absolute atomic E-state index is 11.0. The molecule has 0 atom stereocenters. The lowest BCUT2D eigenvalue weighted by Crippen LogP contribution is -2.18. The Morgan fingerprint density at radius 3 is 2.67 bits per heavy atom. The third-order valence-electron chi connectivity index (χ3n) is 2.78. The van der Waals surface area contributed by atoms with E-state index in [1.807, 2.05) is 30.3 Å². The van der Waals surface area contributed by atoms with Crippen molar-refractivity contribution in [3.8, 4) is 0 Å². The summed E-state index contributed by atoms with van der Waals surface area (Å²) in [5, 5.41) is 0. The van der Waals surface area contributed by atoms with E-state index < -0.39 is 5.91 Å². The van der Waals surface area contributed by atoms with Gasteiger partial charge < -0.3 is 21.0 Å². The van der Waals surface area contributed by atoms with Gasteiger partial charge in [0.2, 0.25) is 0 Å². The van der Waals surface area contributed by atoms with E-state index in [1.54, 1.807) is 0 Å². The summed E-state index contributed by atoms with van der Waals surface area (Å²) in [6.07, 6.45) is 2.01. The Balaban J connectivity index is 1.65. The lowest BCUT2D eigenvalue weighted by Gasteiger charge is -2.08. The molecule has 1 heterocycles. The first-order valence-electron chi connectivity index (χ1n) is 6.56. The molecule has 0 unspecified atom stereocenters. The lowest BCUT2D eigenvalue weighted by atomic mass is 10.2. The van der Waals surface area contributed by atoms with Gasteiger partial charge in [-0.3, -0.25) is 4.79 Å². The van der Waals surface area contributed by atoms with Crippen LogP contribution in [0.4, 0.5) is 5.82 Å². The summed E-state index contributed by atoms with van der Waals surface area (Å²) in [4.78, 5) is 20.1. The largest absolute Gasteiger partial charge is 0.411 e. The number of hydrogen-bond donors (Lipinski definition) is 2. The summed E-state index contributed by atoms with van der Waals surface area (Å²) >= 11 is 0. The van der Waals surface area contributed by atoms with Gasteiger partial charge in [-0.2, -0.15) is 4.73 Å². The van der Waals surface area contributed by atoms with Crippen molar-refractivity contribution in [2.75, 3.05) is 18.9 Å². The first-order valence-corrected chi connectivity index (χ1v) is 6.56. The van der Waals surface area contributed by atoms with Crippen molar-refractivity contribution in [3.63, 3.8) is 0 Å². The van der Waals surface area contributed by atoms with Gasteiger partial charge in [-0.15, -0.1) is 0 Å². The minimum absolute atomic E-state index is 0.00956. The van der Waals surface area contributed by atoms with Gasteiger partial charge in [-0.05, 0) is 5.56 Å². The van der Waals surface area contributed by atoms with Crippen LogP contribution in [0.15, 0.2) is 36.7 Å². The molecule has 7 nitrogen and oxygen atoms in total. The fourth-order valence-electron chi connectivity index (χ4n) is 1.72. The number of nitrogens with two attached hydrogens (primary N) is 2. The predicted molar refractivity (Wildman–Crippen MR) is 77.3 cm³/mol. The van der Waals surface area contributed by atoms with Crippen molar-refractivity contribution < 1.29 is 14.4 Å². The highest BCUT2D eigenvalue weighted by atomic mass is 16.7. The second-order valence-electron chi connectivity index (χ2n) is 4.39. The highest BCUT2D eigenvalue weighted by Gasteiger charge is 2.12. The maximum Gasteiger partial charge on any atom is 0.271 e. The van der Waals surface area contributed by atoms with Crippen molar-refractivity contribution in [2.45, 2.75) is 13.0 Å². The highest BCUT2D eigenvalue weighted by molar-refractivity contribution is 5.95. The Morgan fingerprint density at radius 1 is 1.24 bits per heavy atom. The fraction of sp³-hybridized carbons (Fsp3) is 0.286. The number of nitrogen functional groups attached to an aromatic ring is 1. The molecule has 2 rings (SSSR count). The Kier molecular flexibility index (Phi) is 5.16. The van der Waals surface area contributed by atoms with Gasteiger partial charge in [-0.1, -0.05) is 30.3 Å². The van der Waals surface area contributed by atoms with Gasteiger partial charge in [0, 0.05) is 6.42 Å². The number of aromatic nitrogens is 2. The molecular formula is C14H18N4O3. The van der Waals surface area contributed by atoms with Crippen LogP contribution in [-0.2, 0) is 11.3 Å². The zero-order chi connectivity index (χ0) is 15.1.